The Bertz CT molecular complexity index is 501. The lowest BCUT2D eigenvalue weighted by Crippen LogP contribution is -2.18. The van der Waals surface area contributed by atoms with Crippen LogP contribution in [0.25, 0.3) is 0 Å². The normalized spacial score (nSPS) is 13.5. The Hall–Kier alpha value is -0.720. The minimum absolute atomic E-state index is 0.204. The Kier molecular flexibility index (Phi) is 5.49. The van der Waals surface area contributed by atoms with E-state index in [1.54, 1.807) is 23.9 Å². The number of hydrogen-bond donors (Lipinski definition) is 2. The van der Waals surface area contributed by atoms with Gasteiger partial charge in [0.1, 0.15) is 0 Å². The Balaban J connectivity index is 2.87. The molecule has 0 bridgehead atoms. The first-order valence-electron chi connectivity index (χ1n) is 5.86. The highest BCUT2D eigenvalue weighted by Gasteiger charge is 2.13. The van der Waals surface area contributed by atoms with Crippen LogP contribution < -0.4 is 10.5 Å². The lowest BCUT2D eigenvalue weighted by molar-refractivity contribution is 0.588. The van der Waals surface area contributed by atoms with Crippen LogP contribution in [0.1, 0.15) is 20.3 Å². The maximum absolute atomic E-state index is 11.6. The summed E-state index contributed by atoms with van der Waals surface area (Å²) in [5, 5.41) is 0. The van der Waals surface area contributed by atoms with Crippen molar-refractivity contribution in [1.82, 2.24) is 4.72 Å². The second-order valence-corrected chi connectivity index (χ2v) is 7.18. The fraction of sp³-hybridized carbons (Fsp3) is 0.500. The number of nitrogen functional groups attached to an aromatic ring is 1. The zero-order valence-electron chi connectivity index (χ0n) is 10.9. The molecule has 6 heteroatoms. The smallest absolute Gasteiger partial charge is 0.240 e. The monoisotopic (exact) mass is 288 g/mol. The summed E-state index contributed by atoms with van der Waals surface area (Å²) in [6, 6.07) is 4.86. The van der Waals surface area contributed by atoms with Gasteiger partial charge in [0, 0.05) is 16.3 Å². The minimum Gasteiger partial charge on any atom is -0.398 e. The van der Waals surface area contributed by atoms with E-state index in [-0.39, 0.29) is 4.90 Å². The third-order valence-electron chi connectivity index (χ3n) is 2.78. The molecule has 0 fully saturated rings. The third kappa shape index (κ3) is 3.90. The lowest BCUT2D eigenvalue weighted by atomic mass is 10.2. The van der Waals surface area contributed by atoms with Crippen LogP contribution in [0, 0.1) is 5.92 Å². The van der Waals surface area contributed by atoms with Crippen LogP contribution in [0.5, 0.6) is 0 Å². The summed E-state index contributed by atoms with van der Waals surface area (Å²) in [4.78, 5) is 1.14. The Morgan fingerprint density at radius 2 is 2.11 bits per heavy atom. The van der Waals surface area contributed by atoms with Gasteiger partial charge in [0.05, 0.1) is 4.90 Å². The molecule has 1 aromatic rings. The fourth-order valence-corrected chi connectivity index (χ4v) is 3.15. The van der Waals surface area contributed by atoms with Gasteiger partial charge >= 0.3 is 0 Å². The molecule has 4 nitrogen and oxygen atoms in total. The molecule has 1 unspecified atom stereocenters. The first-order chi connectivity index (χ1) is 8.40. The Labute approximate surface area is 113 Å². The number of nitrogens with one attached hydrogen (secondary N) is 1. The first kappa shape index (κ1) is 15.3. The van der Waals surface area contributed by atoms with Crippen LogP contribution in [0.3, 0.4) is 0 Å². The molecular weight excluding hydrogens is 268 g/mol. The van der Waals surface area contributed by atoms with Gasteiger partial charge in [-0.05, 0) is 31.2 Å². The van der Waals surface area contributed by atoms with Gasteiger partial charge in [-0.1, -0.05) is 20.3 Å². The highest BCUT2D eigenvalue weighted by molar-refractivity contribution is 7.99. The van der Waals surface area contributed by atoms with Crippen LogP contribution >= 0.6 is 11.8 Å². The summed E-state index contributed by atoms with van der Waals surface area (Å²) in [6.45, 7) is 4.33. The Morgan fingerprint density at radius 1 is 1.44 bits per heavy atom. The summed E-state index contributed by atoms with van der Waals surface area (Å²) in [5.41, 5.74) is 6.40. The summed E-state index contributed by atoms with van der Waals surface area (Å²) in [5.74, 6) is 1.61. The fourth-order valence-electron chi connectivity index (χ4n) is 1.29. The van der Waals surface area contributed by atoms with Crippen LogP contribution in [0.2, 0.25) is 0 Å². The topological polar surface area (TPSA) is 72.2 Å². The van der Waals surface area contributed by atoms with Crippen molar-refractivity contribution in [3.05, 3.63) is 18.2 Å². The van der Waals surface area contributed by atoms with Crippen LogP contribution in [0.15, 0.2) is 28.0 Å². The van der Waals surface area contributed by atoms with Crippen molar-refractivity contribution in [1.29, 1.82) is 0 Å². The molecule has 18 heavy (non-hydrogen) atoms. The van der Waals surface area contributed by atoms with Crippen LogP contribution in [0.4, 0.5) is 5.69 Å². The largest absolute Gasteiger partial charge is 0.398 e. The van der Waals surface area contributed by atoms with Crippen molar-refractivity contribution in [2.24, 2.45) is 5.92 Å². The van der Waals surface area contributed by atoms with Gasteiger partial charge in [-0.2, -0.15) is 0 Å². The van der Waals surface area contributed by atoms with Crippen molar-refractivity contribution in [2.75, 3.05) is 18.5 Å². The predicted octanol–water partition coefficient (Wildman–Crippen LogP) is 2.32. The molecule has 0 aliphatic carbocycles. The van der Waals surface area contributed by atoms with E-state index in [0.29, 0.717) is 11.6 Å². The van der Waals surface area contributed by atoms with Gasteiger partial charge < -0.3 is 5.73 Å². The molecule has 0 aromatic heterocycles. The van der Waals surface area contributed by atoms with Gasteiger partial charge in [-0.25, -0.2) is 13.1 Å². The average molecular weight is 288 g/mol. The number of nitrogens with two attached hydrogens (primary N) is 1. The lowest BCUT2D eigenvalue weighted by Gasteiger charge is -2.11. The van der Waals surface area contributed by atoms with Crippen molar-refractivity contribution in [3.8, 4) is 0 Å². The van der Waals surface area contributed by atoms with Crippen molar-refractivity contribution < 1.29 is 8.42 Å². The molecule has 0 saturated carbocycles. The van der Waals surface area contributed by atoms with Gasteiger partial charge in [0.15, 0.2) is 0 Å². The number of hydrogen-bond acceptors (Lipinski definition) is 4. The van der Waals surface area contributed by atoms with E-state index in [4.69, 9.17) is 5.73 Å². The van der Waals surface area contributed by atoms with E-state index in [1.165, 1.54) is 13.1 Å². The number of sulfonamides is 1. The van der Waals surface area contributed by atoms with E-state index in [0.717, 1.165) is 17.1 Å². The SMILES string of the molecule is CCC(C)CSc1ccc(S(=O)(=O)NC)cc1N. The van der Waals surface area contributed by atoms with Crippen molar-refractivity contribution >= 4 is 27.5 Å². The maximum atomic E-state index is 11.6. The van der Waals surface area contributed by atoms with Crippen LogP contribution in [-0.2, 0) is 10.0 Å². The molecule has 1 rings (SSSR count). The molecule has 0 radical (unpaired) electrons. The van der Waals surface area contributed by atoms with Crippen molar-refractivity contribution in [2.45, 2.75) is 30.1 Å². The zero-order valence-corrected chi connectivity index (χ0v) is 12.6. The molecule has 0 amide bonds. The molecule has 3 N–H and O–H groups in total. The summed E-state index contributed by atoms with van der Waals surface area (Å²) >= 11 is 1.67. The molecular formula is C12H20N2O2S2. The zero-order chi connectivity index (χ0) is 13.8. The predicted molar refractivity (Wildman–Crippen MR) is 77.3 cm³/mol. The number of thioether (sulfide) groups is 1. The minimum atomic E-state index is -3.41. The molecule has 1 aromatic carbocycles. The quantitative estimate of drug-likeness (QED) is 0.622. The van der Waals surface area contributed by atoms with Crippen LogP contribution in [-0.4, -0.2) is 21.2 Å². The third-order valence-corrected chi connectivity index (χ3v) is 5.61. The standard InChI is InChI=1S/C12H20N2O2S2/c1-4-9(2)8-17-12-6-5-10(7-11(12)13)18(15,16)14-3/h5-7,9,14H,4,8,13H2,1-3H3. The van der Waals surface area contributed by atoms with Gasteiger partial charge in [0.25, 0.3) is 0 Å². The Morgan fingerprint density at radius 3 is 2.61 bits per heavy atom. The molecule has 0 saturated heterocycles. The number of rotatable bonds is 6. The van der Waals surface area contributed by atoms with E-state index < -0.39 is 10.0 Å². The molecule has 0 aliphatic heterocycles. The molecule has 0 heterocycles. The molecule has 0 spiro atoms. The highest BCUT2D eigenvalue weighted by atomic mass is 32.2. The summed E-state index contributed by atoms with van der Waals surface area (Å²) < 4.78 is 25.5. The molecule has 0 aliphatic rings. The molecule has 1 atom stereocenters. The second-order valence-electron chi connectivity index (χ2n) is 4.23. The van der Waals surface area contributed by atoms with Crippen molar-refractivity contribution in [3.63, 3.8) is 0 Å². The maximum Gasteiger partial charge on any atom is 0.240 e. The first-order valence-corrected chi connectivity index (χ1v) is 8.33. The van der Waals surface area contributed by atoms with E-state index in [9.17, 15) is 8.42 Å². The van der Waals surface area contributed by atoms with Gasteiger partial charge in [-0.15, -0.1) is 11.8 Å². The molecule has 102 valence electrons. The van der Waals surface area contributed by atoms with Gasteiger partial charge in [-0.3, -0.25) is 0 Å². The van der Waals surface area contributed by atoms with E-state index in [2.05, 4.69) is 18.6 Å². The highest BCUT2D eigenvalue weighted by Crippen LogP contribution is 2.29. The number of benzene rings is 1. The van der Waals surface area contributed by atoms with E-state index >= 15 is 0 Å². The summed E-state index contributed by atoms with van der Waals surface area (Å²) in [7, 11) is -2.03. The number of anilines is 1. The van der Waals surface area contributed by atoms with E-state index in [1.807, 2.05) is 0 Å². The average Bonchev–Trinajstić information content (AvgIpc) is 2.36. The summed E-state index contributed by atoms with van der Waals surface area (Å²) in [6.07, 6.45) is 1.12. The second kappa shape index (κ2) is 6.45. The van der Waals surface area contributed by atoms with Gasteiger partial charge in [0.2, 0.25) is 10.0 Å².